The molecule has 2 fully saturated rings. The summed E-state index contributed by atoms with van der Waals surface area (Å²) in [5.41, 5.74) is 0. The first-order chi connectivity index (χ1) is 10.1. The van der Waals surface area contributed by atoms with Crippen LogP contribution in [0.15, 0.2) is 4.99 Å². The number of hydrogen-bond donors (Lipinski definition) is 2. The van der Waals surface area contributed by atoms with Gasteiger partial charge in [0.25, 0.3) is 0 Å². The van der Waals surface area contributed by atoms with Gasteiger partial charge in [0.15, 0.2) is 15.8 Å². The molecule has 6 nitrogen and oxygen atoms in total. The third-order valence-electron chi connectivity index (χ3n) is 3.71. The Labute approximate surface area is 149 Å². The molecule has 2 unspecified atom stereocenters. The number of sulfone groups is 1. The van der Waals surface area contributed by atoms with Gasteiger partial charge in [-0.25, -0.2) is 8.42 Å². The monoisotopic (exact) mass is 441 g/mol. The van der Waals surface area contributed by atoms with E-state index in [1.54, 1.807) is 0 Å². The van der Waals surface area contributed by atoms with Gasteiger partial charge < -0.3 is 15.4 Å². The summed E-state index contributed by atoms with van der Waals surface area (Å²) in [6.07, 6.45) is 8.31. The second-order valence-electron chi connectivity index (χ2n) is 5.53. The first kappa shape index (κ1) is 19.5. The van der Waals surface area contributed by atoms with Crippen molar-refractivity contribution in [2.24, 2.45) is 10.9 Å². The lowest BCUT2D eigenvalue weighted by Crippen LogP contribution is -2.41. The smallest absolute Gasteiger partial charge is 0.192 e. The van der Waals surface area contributed by atoms with Crippen molar-refractivity contribution in [3.05, 3.63) is 0 Å². The van der Waals surface area contributed by atoms with E-state index in [0.29, 0.717) is 32.0 Å². The summed E-state index contributed by atoms with van der Waals surface area (Å²) < 4.78 is 28.4. The van der Waals surface area contributed by atoms with Crippen LogP contribution in [0.25, 0.3) is 0 Å². The number of nitrogens with zero attached hydrogens (tertiary/aromatic N) is 1. The highest BCUT2D eigenvalue weighted by Crippen LogP contribution is 2.18. The number of aliphatic imine (C=N–C) groups is 1. The summed E-state index contributed by atoms with van der Waals surface area (Å²) in [4.78, 5) is 4.45. The minimum absolute atomic E-state index is 0. The van der Waals surface area contributed by atoms with E-state index in [2.05, 4.69) is 21.5 Å². The highest BCUT2D eigenvalue weighted by Gasteiger charge is 2.27. The second kappa shape index (κ2) is 9.57. The van der Waals surface area contributed by atoms with Crippen LogP contribution >= 0.6 is 24.0 Å². The van der Waals surface area contributed by atoms with Crippen molar-refractivity contribution >= 4 is 39.8 Å². The number of terminal acetylenes is 1. The summed E-state index contributed by atoms with van der Waals surface area (Å²) in [5, 5.41) is 6.25. The number of guanidine groups is 1. The highest BCUT2D eigenvalue weighted by molar-refractivity contribution is 14.0. The molecule has 22 heavy (non-hydrogen) atoms. The van der Waals surface area contributed by atoms with Crippen LogP contribution in [0.4, 0.5) is 0 Å². The van der Waals surface area contributed by atoms with Gasteiger partial charge in [-0.3, -0.25) is 4.99 Å². The van der Waals surface area contributed by atoms with Crippen LogP contribution in [0, 0.1) is 18.3 Å². The zero-order valence-electron chi connectivity index (χ0n) is 12.6. The molecule has 0 aromatic rings. The Hall–Kier alpha value is -0.530. The van der Waals surface area contributed by atoms with Crippen molar-refractivity contribution in [1.82, 2.24) is 10.6 Å². The van der Waals surface area contributed by atoms with Gasteiger partial charge in [-0.15, -0.1) is 30.4 Å². The van der Waals surface area contributed by atoms with Gasteiger partial charge in [0, 0.05) is 19.7 Å². The van der Waals surface area contributed by atoms with E-state index >= 15 is 0 Å². The summed E-state index contributed by atoms with van der Waals surface area (Å²) in [6, 6.07) is 0. The molecule has 2 aliphatic heterocycles. The average Bonchev–Trinajstić information content (AvgIpc) is 3.07. The standard InChI is InChI=1S/C14H23N3O3S.HI/c1-2-6-15-14(17-10-13-4-3-7-20-13)16-9-12-5-8-21(18,19)11-12;/h1,12-13H,3-11H2,(H2,15,16,17);1H. The molecular weight excluding hydrogens is 417 g/mol. The molecule has 8 heteroatoms. The molecule has 0 aromatic heterocycles. The van der Waals surface area contributed by atoms with E-state index in [0.717, 1.165) is 19.4 Å². The molecule has 2 heterocycles. The number of rotatable bonds is 5. The van der Waals surface area contributed by atoms with Crippen molar-refractivity contribution in [1.29, 1.82) is 0 Å². The van der Waals surface area contributed by atoms with Crippen LogP contribution in [0.5, 0.6) is 0 Å². The number of halogens is 1. The number of ether oxygens (including phenoxy) is 1. The van der Waals surface area contributed by atoms with Gasteiger partial charge >= 0.3 is 0 Å². The van der Waals surface area contributed by atoms with Gasteiger partial charge in [0.05, 0.1) is 24.2 Å². The van der Waals surface area contributed by atoms with Crippen LogP contribution in [0.2, 0.25) is 0 Å². The predicted octanol–water partition coefficient (Wildman–Crippen LogP) is 0.386. The number of hydrogen-bond acceptors (Lipinski definition) is 4. The highest BCUT2D eigenvalue weighted by atomic mass is 127. The van der Waals surface area contributed by atoms with Crippen LogP contribution in [0.1, 0.15) is 19.3 Å². The Morgan fingerprint density at radius 3 is 2.77 bits per heavy atom. The molecule has 0 aromatic carbocycles. The fourth-order valence-electron chi connectivity index (χ4n) is 2.56. The van der Waals surface area contributed by atoms with Crippen LogP contribution in [-0.4, -0.2) is 58.2 Å². The van der Waals surface area contributed by atoms with Crippen LogP contribution < -0.4 is 10.6 Å². The zero-order valence-corrected chi connectivity index (χ0v) is 15.7. The maximum atomic E-state index is 11.4. The Bertz CT molecular complexity index is 510. The minimum atomic E-state index is -2.85. The lowest BCUT2D eigenvalue weighted by atomic mass is 10.1. The Morgan fingerprint density at radius 1 is 1.36 bits per heavy atom. The molecule has 126 valence electrons. The quantitative estimate of drug-likeness (QED) is 0.279. The molecule has 0 aliphatic carbocycles. The van der Waals surface area contributed by atoms with Crippen molar-refractivity contribution in [3.8, 4) is 12.3 Å². The minimum Gasteiger partial charge on any atom is -0.376 e. The second-order valence-corrected chi connectivity index (χ2v) is 7.76. The molecule has 2 aliphatic rings. The topological polar surface area (TPSA) is 79.8 Å². The third kappa shape index (κ3) is 6.71. The molecule has 2 saturated heterocycles. The van der Waals surface area contributed by atoms with Gasteiger partial charge in [0.2, 0.25) is 0 Å². The molecule has 0 spiro atoms. The van der Waals surface area contributed by atoms with Crippen molar-refractivity contribution < 1.29 is 13.2 Å². The summed E-state index contributed by atoms with van der Waals surface area (Å²) in [7, 11) is -2.85. The van der Waals surface area contributed by atoms with E-state index in [1.807, 2.05) is 0 Å². The molecule has 0 bridgehead atoms. The first-order valence-corrected chi connectivity index (χ1v) is 9.19. The zero-order chi connectivity index (χ0) is 15.1. The Balaban J connectivity index is 0.00000242. The fraction of sp³-hybridized carbons (Fsp3) is 0.786. The molecule has 0 amide bonds. The lowest BCUT2D eigenvalue weighted by Gasteiger charge is -2.15. The molecule has 2 rings (SSSR count). The fourth-order valence-corrected chi connectivity index (χ4v) is 4.41. The Morgan fingerprint density at radius 2 is 2.18 bits per heavy atom. The van der Waals surface area contributed by atoms with Gasteiger partial charge in [-0.05, 0) is 25.2 Å². The SMILES string of the molecule is C#CCNC(=NCC1CCS(=O)(=O)C1)NCC1CCCO1.I. The van der Waals surface area contributed by atoms with Gasteiger partial charge in [-0.2, -0.15) is 0 Å². The van der Waals surface area contributed by atoms with Crippen molar-refractivity contribution in [2.45, 2.75) is 25.4 Å². The van der Waals surface area contributed by atoms with Crippen LogP contribution in [0.3, 0.4) is 0 Å². The van der Waals surface area contributed by atoms with E-state index < -0.39 is 9.84 Å². The maximum Gasteiger partial charge on any atom is 0.192 e. The maximum absolute atomic E-state index is 11.4. The largest absolute Gasteiger partial charge is 0.376 e. The number of nitrogens with one attached hydrogen (secondary N) is 2. The predicted molar refractivity (Wildman–Crippen MR) is 98.3 cm³/mol. The van der Waals surface area contributed by atoms with E-state index in [9.17, 15) is 8.42 Å². The van der Waals surface area contributed by atoms with Gasteiger partial charge in [0.1, 0.15) is 0 Å². The van der Waals surface area contributed by atoms with Crippen molar-refractivity contribution in [3.63, 3.8) is 0 Å². The average molecular weight is 441 g/mol. The molecule has 0 saturated carbocycles. The molecule has 0 radical (unpaired) electrons. The van der Waals surface area contributed by atoms with Crippen molar-refractivity contribution in [2.75, 3.05) is 37.7 Å². The molecular formula is C14H24IN3O3S. The normalized spacial score (nSPS) is 27.0. The van der Waals surface area contributed by atoms with E-state index in [-0.39, 0.29) is 47.5 Å². The van der Waals surface area contributed by atoms with E-state index in [4.69, 9.17) is 11.2 Å². The molecule has 2 atom stereocenters. The van der Waals surface area contributed by atoms with Gasteiger partial charge in [-0.1, -0.05) is 5.92 Å². The lowest BCUT2D eigenvalue weighted by molar-refractivity contribution is 0.114. The Kier molecular flexibility index (Phi) is 8.49. The van der Waals surface area contributed by atoms with E-state index in [1.165, 1.54) is 0 Å². The first-order valence-electron chi connectivity index (χ1n) is 7.37. The third-order valence-corrected chi connectivity index (χ3v) is 5.55. The van der Waals surface area contributed by atoms with Crippen LogP contribution in [-0.2, 0) is 14.6 Å². The molecule has 2 N–H and O–H groups in total. The summed E-state index contributed by atoms with van der Waals surface area (Å²) >= 11 is 0. The summed E-state index contributed by atoms with van der Waals surface area (Å²) in [6.45, 7) is 2.40. The summed E-state index contributed by atoms with van der Waals surface area (Å²) in [5.74, 6) is 3.78.